The Morgan fingerprint density at radius 3 is 2.70 bits per heavy atom. The number of carbonyl (C=O) groups excluding carboxylic acids is 1. The van der Waals surface area contributed by atoms with E-state index in [1.165, 1.54) is 42.1 Å². The van der Waals surface area contributed by atoms with Gasteiger partial charge < -0.3 is 0 Å². The molecule has 20 heavy (non-hydrogen) atoms. The molecule has 3 nitrogen and oxygen atoms in total. The minimum Gasteiger partial charge on any atom is -0.290 e. The highest BCUT2D eigenvalue weighted by Gasteiger charge is 2.09. The third-order valence-corrected chi connectivity index (χ3v) is 3.67. The molecule has 0 unspecified atom stereocenters. The zero-order valence-electron chi connectivity index (χ0n) is 10.4. The number of nitrogen functional groups attached to an aromatic ring is 1. The summed E-state index contributed by atoms with van der Waals surface area (Å²) in [6.07, 6.45) is 0. The smallest absolute Gasteiger partial charge is 0.265 e. The molecule has 0 aliphatic heterocycles. The monoisotopic (exact) mass is 294 g/mol. The average molecular weight is 294 g/mol. The van der Waals surface area contributed by atoms with Crippen molar-refractivity contribution in [3.05, 3.63) is 65.2 Å². The highest BCUT2D eigenvalue weighted by atomic mass is 32.2. The molecular weight excluding hydrogens is 282 g/mol. The van der Waals surface area contributed by atoms with E-state index in [0.717, 1.165) is 0 Å². The van der Waals surface area contributed by atoms with Crippen molar-refractivity contribution in [2.45, 2.75) is 10.6 Å². The van der Waals surface area contributed by atoms with Crippen LogP contribution in [0.25, 0.3) is 0 Å². The molecule has 0 radical (unpaired) electrons. The quantitative estimate of drug-likeness (QED) is 0.394. The lowest BCUT2D eigenvalue weighted by Gasteiger charge is -2.06. The van der Waals surface area contributed by atoms with Gasteiger partial charge in [0.1, 0.15) is 11.6 Å². The van der Waals surface area contributed by atoms with E-state index in [-0.39, 0.29) is 11.4 Å². The first-order valence-corrected chi connectivity index (χ1v) is 6.76. The minimum absolute atomic E-state index is 0.281. The van der Waals surface area contributed by atoms with Crippen LogP contribution in [0, 0.1) is 11.6 Å². The molecule has 6 heteroatoms. The summed E-state index contributed by atoms with van der Waals surface area (Å²) < 4.78 is 26.7. The molecule has 2 aromatic rings. The van der Waals surface area contributed by atoms with Gasteiger partial charge in [0, 0.05) is 16.2 Å². The van der Waals surface area contributed by atoms with Crippen molar-refractivity contribution >= 4 is 17.7 Å². The number of hydrazine groups is 1. The number of amides is 1. The minimum atomic E-state index is -0.484. The van der Waals surface area contributed by atoms with Gasteiger partial charge >= 0.3 is 0 Å². The fourth-order valence-electron chi connectivity index (χ4n) is 1.63. The fraction of sp³-hybridized carbons (Fsp3) is 0.0714. The van der Waals surface area contributed by atoms with Gasteiger partial charge in [0.15, 0.2) is 0 Å². The summed E-state index contributed by atoms with van der Waals surface area (Å²) in [4.78, 5) is 12.1. The molecule has 0 fully saturated rings. The maximum atomic E-state index is 13.7. The van der Waals surface area contributed by atoms with Crippen molar-refractivity contribution in [3.8, 4) is 0 Å². The molecule has 0 aliphatic rings. The molecule has 0 spiro atoms. The standard InChI is InChI=1S/C14H12F2N2OS/c15-11-2-1-3-12(7-11)20-8-10-6-9(14(19)18-17)4-5-13(10)16/h1-7H,8,17H2,(H,18,19). The predicted octanol–water partition coefficient (Wildman–Crippen LogP) is 2.86. The molecule has 0 saturated heterocycles. The van der Waals surface area contributed by atoms with Gasteiger partial charge in [0.2, 0.25) is 0 Å². The Balaban J connectivity index is 2.14. The number of hydrogen-bond acceptors (Lipinski definition) is 3. The van der Waals surface area contributed by atoms with Gasteiger partial charge in [-0.3, -0.25) is 10.2 Å². The Hall–Kier alpha value is -1.92. The Bertz CT molecular complexity index is 634. The Labute approximate surface area is 119 Å². The zero-order valence-corrected chi connectivity index (χ0v) is 11.2. The van der Waals surface area contributed by atoms with Crippen molar-refractivity contribution in [2.75, 3.05) is 0 Å². The topological polar surface area (TPSA) is 55.1 Å². The number of benzene rings is 2. The van der Waals surface area contributed by atoms with E-state index in [2.05, 4.69) is 0 Å². The molecule has 0 aliphatic carbocycles. The first kappa shape index (κ1) is 14.5. The number of carbonyl (C=O) groups is 1. The highest BCUT2D eigenvalue weighted by Crippen LogP contribution is 2.25. The summed E-state index contributed by atoms with van der Waals surface area (Å²) in [5.41, 5.74) is 2.63. The van der Waals surface area contributed by atoms with Gasteiger partial charge in [-0.1, -0.05) is 6.07 Å². The van der Waals surface area contributed by atoms with E-state index in [1.54, 1.807) is 12.1 Å². The number of thioether (sulfide) groups is 1. The summed E-state index contributed by atoms with van der Waals surface area (Å²) >= 11 is 1.29. The van der Waals surface area contributed by atoms with Crippen LogP contribution in [-0.4, -0.2) is 5.91 Å². The largest absolute Gasteiger partial charge is 0.290 e. The molecule has 0 saturated carbocycles. The van der Waals surface area contributed by atoms with Crippen LogP contribution >= 0.6 is 11.8 Å². The lowest BCUT2D eigenvalue weighted by molar-refractivity contribution is 0.0953. The first-order valence-electron chi connectivity index (χ1n) is 5.78. The zero-order chi connectivity index (χ0) is 14.5. The summed E-state index contributed by atoms with van der Waals surface area (Å²) in [7, 11) is 0. The normalized spacial score (nSPS) is 10.3. The van der Waals surface area contributed by atoms with Crippen LogP contribution in [0.4, 0.5) is 8.78 Å². The van der Waals surface area contributed by atoms with E-state index < -0.39 is 11.7 Å². The Morgan fingerprint density at radius 2 is 2.00 bits per heavy atom. The van der Waals surface area contributed by atoms with Crippen LogP contribution < -0.4 is 11.3 Å². The second-order valence-electron chi connectivity index (χ2n) is 4.03. The van der Waals surface area contributed by atoms with E-state index in [4.69, 9.17) is 5.84 Å². The maximum Gasteiger partial charge on any atom is 0.265 e. The van der Waals surface area contributed by atoms with Crippen molar-refractivity contribution in [1.29, 1.82) is 0 Å². The van der Waals surface area contributed by atoms with Crippen LogP contribution in [0.5, 0.6) is 0 Å². The number of rotatable bonds is 4. The van der Waals surface area contributed by atoms with Crippen LogP contribution in [0.15, 0.2) is 47.4 Å². The van der Waals surface area contributed by atoms with Crippen LogP contribution in [0.3, 0.4) is 0 Å². The van der Waals surface area contributed by atoms with Crippen LogP contribution in [0.1, 0.15) is 15.9 Å². The maximum absolute atomic E-state index is 13.7. The van der Waals surface area contributed by atoms with E-state index in [9.17, 15) is 13.6 Å². The second-order valence-corrected chi connectivity index (χ2v) is 5.07. The van der Waals surface area contributed by atoms with Gasteiger partial charge in [0.25, 0.3) is 5.91 Å². The molecule has 104 valence electrons. The lowest BCUT2D eigenvalue weighted by Crippen LogP contribution is -2.30. The van der Waals surface area contributed by atoms with Gasteiger partial charge in [-0.2, -0.15) is 0 Å². The molecule has 0 aromatic heterocycles. The Kier molecular flexibility index (Phi) is 4.70. The third kappa shape index (κ3) is 3.55. The molecule has 0 heterocycles. The summed E-state index contributed by atoms with van der Waals surface area (Å²) in [5, 5.41) is 0. The summed E-state index contributed by atoms with van der Waals surface area (Å²) in [5.74, 6) is 4.09. The fourth-order valence-corrected chi connectivity index (χ4v) is 2.54. The van der Waals surface area contributed by atoms with E-state index in [1.807, 2.05) is 5.43 Å². The van der Waals surface area contributed by atoms with Gasteiger partial charge in [-0.25, -0.2) is 14.6 Å². The molecule has 2 rings (SSSR count). The number of halogens is 2. The highest BCUT2D eigenvalue weighted by molar-refractivity contribution is 7.98. The average Bonchev–Trinajstić information content (AvgIpc) is 2.45. The Morgan fingerprint density at radius 1 is 1.20 bits per heavy atom. The van der Waals surface area contributed by atoms with Crippen molar-refractivity contribution in [1.82, 2.24) is 5.43 Å². The third-order valence-electron chi connectivity index (χ3n) is 2.63. The van der Waals surface area contributed by atoms with Gasteiger partial charge in [-0.05, 0) is 42.0 Å². The first-order chi connectivity index (χ1) is 9.60. The molecule has 2 aromatic carbocycles. The number of nitrogens with one attached hydrogen (secondary N) is 1. The van der Waals surface area contributed by atoms with Crippen molar-refractivity contribution in [2.24, 2.45) is 5.84 Å². The SMILES string of the molecule is NNC(=O)c1ccc(F)c(CSc2cccc(F)c2)c1. The lowest BCUT2D eigenvalue weighted by atomic mass is 10.1. The van der Waals surface area contributed by atoms with Gasteiger partial charge in [-0.15, -0.1) is 11.8 Å². The number of hydrogen-bond donors (Lipinski definition) is 2. The number of nitrogens with two attached hydrogens (primary N) is 1. The molecular formula is C14H12F2N2OS. The summed E-state index contributed by atoms with van der Waals surface area (Å²) in [6.45, 7) is 0. The molecule has 1 amide bonds. The van der Waals surface area contributed by atoms with Gasteiger partial charge in [0.05, 0.1) is 0 Å². The molecule has 3 N–H and O–H groups in total. The molecule has 0 atom stereocenters. The summed E-state index contributed by atoms with van der Waals surface area (Å²) in [6, 6.07) is 10.0. The van der Waals surface area contributed by atoms with Crippen molar-refractivity contribution in [3.63, 3.8) is 0 Å². The van der Waals surface area contributed by atoms with E-state index >= 15 is 0 Å². The van der Waals surface area contributed by atoms with E-state index in [0.29, 0.717) is 16.2 Å². The second kappa shape index (κ2) is 6.49. The van der Waals surface area contributed by atoms with Crippen LogP contribution in [0.2, 0.25) is 0 Å². The van der Waals surface area contributed by atoms with Crippen molar-refractivity contribution < 1.29 is 13.6 Å². The predicted molar refractivity (Wildman–Crippen MR) is 74.0 cm³/mol. The molecule has 0 bridgehead atoms. The van der Waals surface area contributed by atoms with Crippen LogP contribution in [-0.2, 0) is 5.75 Å².